The van der Waals surface area contributed by atoms with Gasteiger partial charge in [0.15, 0.2) is 0 Å². The van der Waals surface area contributed by atoms with Crippen molar-refractivity contribution in [3.63, 3.8) is 0 Å². The number of hydrogen-bond acceptors (Lipinski definition) is 3. The van der Waals surface area contributed by atoms with Crippen LogP contribution < -0.4 is 11.2 Å². The third-order valence-corrected chi connectivity index (χ3v) is 3.35. The summed E-state index contributed by atoms with van der Waals surface area (Å²) in [5, 5.41) is 0.474. The van der Waals surface area contributed by atoms with Crippen LogP contribution in [0.5, 0.6) is 0 Å². The zero-order valence-corrected chi connectivity index (χ0v) is 11.1. The molecular formula is C16H12N2O3. The van der Waals surface area contributed by atoms with Crippen molar-refractivity contribution in [3.05, 3.63) is 80.5 Å². The summed E-state index contributed by atoms with van der Waals surface area (Å²) < 4.78 is 1.15. The van der Waals surface area contributed by atoms with E-state index in [0.717, 1.165) is 16.4 Å². The summed E-state index contributed by atoms with van der Waals surface area (Å²) in [6.07, 6.45) is 0.749. The summed E-state index contributed by atoms with van der Waals surface area (Å²) >= 11 is 0. The highest BCUT2D eigenvalue weighted by Crippen LogP contribution is 2.06. The Labute approximate surface area is 119 Å². The van der Waals surface area contributed by atoms with Gasteiger partial charge in [-0.05, 0) is 17.7 Å². The molecule has 0 fully saturated rings. The quantitative estimate of drug-likeness (QED) is 0.740. The van der Waals surface area contributed by atoms with Crippen molar-refractivity contribution < 1.29 is 4.79 Å². The maximum absolute atomic E-state index is 12.4. The van der Waals surface area contributed by atoms with Crippen molar-refractivity contribution in [1.29, 1.82) is 0 Å². The van der Waals surface area contributed by atoms with E-state index in [4.69, 9.17) is 0 Å². The van der Waals surface area contributed by atoms with E-state index >= 15 is 0 Å². The summed E-state index contributed by atoms with van der Waals surface area (Å²) in [5.41, 5.74) is 1.09. The number of fused-ring (bicyclic) bond motifs is 1. The number of hydrogen-bond donors (Lipinski definition) is 1. The van der Waals surface area contributed by atoms with Crippen molar-refractivity contribution in [2.45, 2.75) is 6.54 Å². The van der Waals surface area contributed by atoms with Crippen LogP contribution in [0.15, 0.2) is 58.1 Å². The van der Waals surface area contributed by atoms with Gasteiger partial charge in [-0.25, -0.2) is 4.79 Å². The van der Waals surface area contributed by atoms with E-state index in [2.05, 4.69) is 4.98 Å². The van der Waals surface area contributed by atoms with Crippen LogP contribution in [0, 0.1) is 0 Å². The molecule has 0 aliphatic heterocycles. The molecule has 1 aromatic heterocycles. The van der Waals surface area contributed by atoms with Gasteiger partial charge in [0.1, 0.15) is 6.29 Å². The van der Waals surface area contributed by atoms with Crippen LogP contribution in [0.2, 0.25) is 0 Å². The second kappa shape index (κ2) is 5.20. The Morgan fingerprint density at radius 1 is 1.00 bits per heavy atom. The smallest absolute Gasteiger partial charge is 0.307 e. The molecule has 1 heterocycles. The maximum atomic E-state index is 12.4. The monoisotopic (exact) mass is 280 g/mol. The molecule has 0 aliphatic carbocycles. The second-order valence-corrected chi connectivity index (χ2v) is 4.73. The van der Waals surface area contributed by atoms with Crippen LogP contribution in [0.25, 0.3) is 10.9 Å². The zero-order chi connectivity index (χ0) is 14.8. The van der Waals surface area contributed by atoms with E-state index in [1.807, 2.05) is 0 Å². The van der Waals surface area contributed by atoms with Gasteiger partial charge in [-0.1, -0.05) is 36.4 Å². The lowest BCUT2D eigenvalue weighted by Crippen LogP contribution is -2.35. The summed E-state index contributed by atoms with van der Waals surface area (Å²) in [4.78, 5) is 37.7. The largest absolute Gasteiger partial charge is 0.329 e. The summed E-state index contributed by atoms with van der Waals surface area (Å²) in [7, 11) is 0. The first-order chi connectivity index (χ1) is 10.2. The van der Waals surface area contributed by atoms with Crippen LogP contribution in [0.4, 0.5) is 0 Å². The highest BCUT2D eigenvalue weighted by atomic mass is 16.2. The van der Waals surface area contributed by atoms with Gasteiger partial charge in [0.05, 0.1) is 17.4 Å². The molecule has 3 rings (SSSR count). The molecule has 5 heteroatoms. The Morgan fingerprint density at radius 2 is 1.71 bits per heavy atom. The number of aromatic nitrogens is 2. The highest BCUT2D eigenvalue weighted by molar-refractivity contribution is 5.77. The van der Waals surface area contributed by atoms with E-state index in [0.29, 0.717) is 16.5 Å². The van der Waals surface area contributed by atoms with E-state index in [1.165, 1.54) is 0 Å². The zero-order valence-electron chi connectivity index (χ0n) is 11.1. The molecular weight excluding hydrogens is 268 g/mol. The Hall–Kier alpha value is -2.95. The maximum Gasteiger partial charge on any atom is 0.329 e. The minimum atomic E-state index is -0.446. The molecule has 5 nitrogen and oxygen atoms in total. The number of nitrogens with zero attached hydrogens (tertiary/aromatic N) is 1. The van der Waals surface area contributed by atoms with Gasteiger partial charge < -0.3 is 4.98 Å². The first-order valence-electron chi connectivity index (χ1n) is 6.45. The number of nitrogens with one attached hydrogen (secondary N) is 1. The molecule has 2 aromatic carbocycles. The third kappa shape index (κ3) is 2.41. The lowest BCUT2D eigenvalue weighted by molar-refractivity contribution is 0.112. The van der Waals surface area contributed by atoms with Crippen molar-refractivity contribution in [1.82, 2.24) is 9.55 Å². The van der Waals surface area contributed by atoms with E-state index in [9.17, 15) is 14.4 Å². The second-order valence-electron chi connectivity index (χ2n) is 4.73. The number of para-hydroxylation sites is 1. The topological polar surface area (TPSA) is 71.9 Å². The van der Waals surface area contributed by atoms with Crippen molar-refractivity contribution in [2.75, 3.05) is 0 Å². The Kier molecular flexibility index (Phi) is 3.23. The lowest BCUT2D eigenvalue weighted by atomic mass is 10.1. The molecule has 0 amide bonds. The molecule has 21 heavy (non-hydrogen) atoms. The predicted molar refractivity (Wildman–Crippen MR) is 79.8 cm³/mol. The van der Waals surface area contributed by atoms with Crippen LogP contribution in [-0.2, 0) is 6.54 Å². The van der Waals surface area contributed by atoms with E-state index in [1.54, 1.807) is 48.5 Å². The van der Waals surface area contributed by atoms with Crippen molar-refractivity contribution in [3.8, 4) is 0 Å². The SMILES string of the molecule is O=Cc1ccc(Cn2c(=O)[nH]c3ccccc3c2=O)cc1. The first kappa shape index (κ1) is 13.1. The standard InChI is InChI=1S/C16H12N2O3/c19-10-12-7-5-11(6-8-12)9-18-15(20)13-3-1-2-4-14(13)17-16(18)21/h1-8,10H,9H2,(H,17,21). The fourth-order valence-electron chi connectivity index (χ4n) is 2.23. The van der Waals surface area contributed by atoms with Gasteiger partial charge in [-0.3, -0.25) is 14.2 Å². The third-order valence-electron chi connectivity index (χ3n) is 3.35. The Bertz CT molecular complexity index is 921. The molecule has 1 N–H and O–H groups in total. The highest BCUT2D eigenvalue weighted by Gasteiger charge is 2.07. The van der Waals surface area contributed by atoms with Gasteiger partial charge in [-0.2, -0.15) is 0 Å². The normalized spacial score (nSPS) is 10.7. The molecule has 0 saturated heterocycles. The minimum absolute atomic E-state index is 0.165. The van der Waals surface area contributed by atoms with E-state index in [-0.39, 0.29) is 12.1 Å². The van der Waals surface area contributed by atoms with Gasteiger partial charge >= 0.3 is 5.69 Å². The first-order valence-corrected chi connectivity index (χ1v) is 6.45. The number of carbonyl (C=O) groups excluding carboxylic acids is 1. The number of rotatable bonds is 3. The van der Waals surface area contributed by atoms with Crippen LogP contribution in [0.3, 0.4) is 0 Å². The Balaban J connectivity index is 2.09. The molecule has 0 saturated carbocycles. The number of aldehydes is 1. The average Bonchev–Trinajstić information content (AvgIpc) is 2.52. The molecule has 0 radical (unpaired) electrons. The molecule has 0 unspecified atom stereocenters. The number of benzene rings is 2. The van der Waals surface area contributed by atoms with Crippen LogP contribution in [-0.4, -0.2) is 15.8 Å². The molecule has 0 spiro atoms. The van der Waals surface area contributed by atoms with Crippen molar-refractivity contribution >= 4 is 17.2 Å². The molecule has 0 atom stereocenters. The molecule has 104 valence electrons. The fraction of sp³-hybridized carbons (Fsp3) is 0.0625. The van der Waals surface area contributed by atoms with Gasteiger partial charge in [0.25, 0.3) is 5.56 Å². The fourth-order valence-corrected chi connectivity index (χ4v) is 2.23. The average molecular weight is 280 g/mol. The van der Waals surface area contributed by atoms with Gasteiger partial charge in [0.2, 0.25) is 0 Å². The number of aromatic amines is 1. The summed E-state index contributed by atoms with van der Waals surface area (Å²) in [6.45, 7) is 0.165. The van der Waals surface area contributed by atoms with Crippen LogP contribution in [0.1, 0.15) is 15.9 Å². The number of carbonyl (C=O) groups is 1. The van der Waals surface area contributed by atoms with E-state index < -0.39 is 5.69 Å². The molecule has 3 aromatic rings. The predicted octanol–water partition coefficient (Wildman–Crippen LogP) is 1.55. The number of H-pyrrole nitrogens is 1. The molecule has 0 aliphatic rings. The molecule has 0 bridgehead atoms. The van der Waals surface area contributed by atoms with Gasteiger partial charge in [-0.15, -0.1) is 0 Å². The lowest BCUT2D eigenvalue weighted by Gasteiger charge is -2.06. The summed E-state index contributed by atoms with van der Waals surface area (Å²) in [5.74, 6) is 0. The minimum Gasteiger partial charge on any atom is -0.307 e. The Morgan fingerprint density at radius 3 is 2.43 bits per heavy atom. The van der Waals surface area contributed by atoms with Gasteiger partial charge in [0, 0.05) is 5.56 Å². The van der Waals surface area contributed by atoms with Crippen molar-refractivity contribution in [2.24, 2.45) is 0 Å². The summed E-state index contributed by atoms with van der Waals surface area (Å²) in [6, 6.07) is 13.7. The van der Waals surface area contributed by atoms with Crippen LogP contribution >= 0.6 is 0 Å².